The molecule has 7 heteroatoms. The zero-order chi connectivity index (χ0) is 14.2. The number of aromatic nitrogens is 4. The van der Waals surface area contributed by atoms with E-state index in [-0.39, 0.29) is 0 Å². The van der Waals surface area contributed by atoms with Crippen LogP contribution >= 0.6 is 0 Å². The summed E-state index contributed by atoms with van der Waals surface area (Å²) in [7, 11) is 0. The lowest BCUT2D eigenvalue weighted by molar-refractivity contribution is -0.137. The van der Waals surface area contributed by atoms with Gasteiger partial charge in [0, 0.05) is 17.7 Å². The predicted octanol–water partition coefficient (Wildman–Crippen LogP) is 0.409. The fourth-order valence-corrected chi connectivity index (χ4v) is 2.11. The lowest BCUT2D eigenvalue weighted by Gasteiger charge is -2.07. The number of aryl methyl sites for hydroxylation is 3. The molecule has 0 saturated carbocycles. The maximum absolute atomic E-state index is 12.2. The molecule has 0 aromatic carbocycles. The average molecular weight is 264 g/mol. The van der Waals surface area contributed by atoms with Crippen LogP contribution in [0.15, 0.2) is 4.79 Å². The summed E-state index contributed by atoms with van der Waals surface area (Å²) in [5, 5.41) is 12.9. The molecular formula is C12H16N4O3. The minimum absolute atomic E-state index is 0.440. The Balaban J connectivity index is 2.81. The number of carboxylic acid groups (broad SMARTS) is 1. The topological polar surface area (TPSA) is 89.5 Å². The monoisotopic (exact) mass is 264 g/mol. The Morgan fingerprint density at radius 1 is 1.32 bits per heavy atom. The molecule has 0 atom stereocenters. The Hall–Kier alpha value is -2.18. The van der Waals surface area contributed by atoms with Crippen molar-refractivity contribution in [1.82, 2.24) is 19.2 Å². The number of carboxylic acids is 1. The Kier molecular flexibility index (Phi) is 3.37. The first-order chi connectivity index (χ1) is 8.99. The minimum Gasteiger partial charge on any atom is -0.480 e. The molecule has 2 aromatic heterocycles. The number of hydrogen-bond acceptors (Lipinski definition) is 4. The molecule has 2 heterocycles. The van der Waals surface area contributed by atoms with Gasteiger partial charge in [-0.1, -0.05) is 13.8 Å². The summed E-state index contributed by atoms with van der Waals surface area (Å²) in [6, 6.07) is 0. The summed E-state index contributed by atoms with van der Waals surface area (Å²) in [5.41, 5.74) is 1.75. The molecule has 0 aliphatic carbocycles. The lowest BCUT2D eigenvalue weighted by Crippen LogP contribution is -2.26. The Bertz CT molecular complexity index is 699. The van der Waals surface area contributed by atoms with Gasteiger partial charge in [-0.2, -0.15) is 0 Å². The van der Waals surface area contributed by atoms with Gasteiger partial charge >= 0.3 is 11.7 Å². The maximum Gasteiger partial charge on any atom is 0.352 e. The van der Waals surface area contributed by atoms with Crippen LogP contribution < -0.4 is 5.69 Å². The van der Waals surface area contributed by atoms with Crippen LogP contribution in [0.2, 0.25) is 0 Å². The van der Waals surface area contributed by atoms with Gasteiger partial charge in [0.1, 0.15) is 12.4 Å². The molecule has 7 nitrogen and oxygen atoms in total. The van der Waals surface area contributed by atoms with Gasteiger partial charge in [0.2, 0.25) is 0 Å². The van der Waals surface area contributed by atoms with Gasteiger partial charge in [-0.05, 0) is 13.3 Å². The SMILES string of the molecule is CCc1nc(CC)n2c(=O)n(CC(=O)O)nc2c1C. The van der Waals surface area contributed by atoms with Crippen molar-refractivity contribution in [3.63, 3.8) is 0 Å². The molecule has 0 saturated heterocycles. The summed E-state index contributed by atoms with van der Waals surface area (Å²) < 4.78 is 2.36. The van der Waals surface area contributed by atoms with E-state index in [2.05, 4.69) is 10.1 Å². The van der Waals surface area contributed by atoms with Crippen LogP contribution in [0.4, 0.5) is 0 Å². The third-order valence-electron chi connectivity index (χ3n) is 3.07. The predicted molar refractivity (Wildman–Crippen MR) is 68.4 cm³/mol. The van der Waals surface area contributed by atoms with Crippen molar-refractivity contribution in [2.45, 2.75) is 40.2 Å². The quantitative estimate of drug-likeness (QED) is 0.863. The first kappa shape index (κ1) is 13.3. The number of fused-ring (bicyclic) bond motifs is 1. The Morgan fingerprint density at radius 3 is 2.53 bits per heavy atom. The van der Waals surface area contributed by atoms with Crippen LogP contribution in [0.25, 0.3) is 5.65 Å². The highest BCUT2D eigenvalue weighted by Crippen LogP contribution is 2.13. The number of rotatable bonds is 4. The van der Waals surface area contributed by atoms with Gasteiger partial charge in [0.25, 0.3) is 0 Å². The third-order valence-corrected chi connectivity index (χ3v) is 3.07. The van der Waals surface area contributed by atoms with Crippen LogP contribution in [0.5, 0.6) is 0 Å². The van der Waals surface area contributed by atoms with Gasteiger partial charge in [-0.25, -0.2) is 18.9 Å². The molecule has 0 bridgehead atoms. The molecule has 0 aliphatic heterocycles. The molecule has 0 unspecified atom stereocenters. The fourth-order valence-electron chi connectivity index (χ4n) is 2.11. The van der Waals surface area contributed by atoms with Crippen LogP contribution in [0.3, 0.4) is 0 Å². The van der Waals surface area contributed by atoms with Crippen LogP contribution in [0.1, 0.15) is 30.9 Å². The first-order valence-corrected chi connectivity index (χ1v) is 6.19. The molecule has 2 rings (SSSR count). The van der Waals surface area contributed by atoms with Crippen molar-refractivity contribution in [1.29, 1.82) is 0 Å². The molecule has 0 amide bonds. The van der Waals surface area contributed by atoms with Gasteiger partial charge in [0.05, 0.1) is 0 Å². The maximum atomic E-state index is 12.2. The van der Waals surface area contributed by atoms with Crippen molar-refractivity contribution in [3.8, 4) is 0 Å². The summed E-state index contributed by atoms with van der Waals surface area (Å²) >= 11 is 0. The average Bonchev–Trinajstić information content (AvgIpc) is 2.68. The minimum atomic E-state index is -1.09. The van der Waals surface area contributed by atoms with E-state index in [4.69, 9.17) is 5.11 Å². The second-order valence-corrected chi connectivity index (χ2v) is 4.30. The largest absolute Gasteiger partial charge is 0.480 e. The number of hydrogen-bond donors (Lipinski definition) is 1. The number of carbonyl (C=O) groups is 1. The molecule has 2 aromatic rings. The Morgan fingerprint density at radius 2 is 2.00 bits per heavy atom. The van der Waals surface area contributed by atoms with Crippen molar-refractivity contribution in [2.24, 2.45) is 0 Å². The lowest BCUT2D eigenvalue weighted by atomic mass is 10.2. The second-order valence-electron chi connectivity index (χ2n) is 4.30. The van der Waals surface area contributed by atoms with E-state index in [0.29, 0.717) is 17.9 Å². The third kappa shape index (κ3) is 2.11. The zero-order valence-corrected chi connectivity index (χ0v) is 11.2. The van der Waals surface area contributed by atoms with E-state index in [1.165, 1.54) is 4.40 Å². The normalized spacial score (nSPS) is 11.1. The van der Waals surface area contributed by atoms with E-state index in [1.54, 1.807) is 0 Å². The fraction of sp³-hybridized carbons (Fsp3) is 0.500. The Labute approximate surface area is 109 Å². The number of nitrogens with zero attached hydrogens (tertiary/aromatic N) is 4. The molecule has 0 aliphatic rings. The van der Waals surface area contributed by atoms with E-state index >= 15 is 0 Å². The zero-order valence-electron chi connectivity index (χ0n) is 11.2. The summed E-state index contributed by atoms with van der Waals surface area (Å²) in [6.45, 7) is 5.29. The van der Waals surface area contributed by atoms with Gasteiger partial charge in [0.15, 0.2) is 5.65 Å². The van der Waals surface area contributed by atoms with Crippen molar-refractivity contribution in [3.05, 3.63) is 27.6 Å². The smallest absolute Gasteiger partial charge is 0.352 e. The molecular weight excluding hydrogens is 248 g/mol. The summed E-state index contributed by atoms with van der Waals surface area (Å²) in [6.07, 6.45) is 1.33. The molecule has 19 heavy (non-hydrogen) atoms. The van der Waals surface area contributed by atoms with E-state index in [1.807, 2.05) is 20.8 Å². The van der Waals surface area contributed by atoms with Crippen LogP contribution in [-0.2, 0) is 24.2 Å². The molecule has 0 spiro atoms. The summed E-state index contributed by atoms with van der Waals surface area (Å²) in [4.78, 5) is 27.3. The van der Waals surface area contributed by atoms with E-state index in [0.717, 1.165) is 22.4 Å². The summed E-state index contributed by atoms with van der Waals surface area (Å²) in [5.74, 6) is -0.482. The standard InChI is InChI=1S/C12H16N4O3/c1-4-8-7(3)11-14-15(6-10(17)18)12(19)16(11)9(5-2)13-8/h4-6H2,1-3H3,(H,17,18). The highest BCUT2D eigenvalue weighted by molar-refractivity contribution is 5.66. The van der Waals surface area contributed by atoms with E-state index < -0.39 is 18.2 Å². The number of aliphatic carboxylic acids is 1. The van der Waals surface area contributed by atoms with Gasteiger partial charge in [-0.15, -0.1) is 5.10 Å². The molecule has 1 N–H and O–H groups in total. The first-order valence-electron chi connectivity index (χ1n) is 6.19. The van der Waals surface area contributed by atoms with Crippen LogP contribution in [0, 0.1) is 6.92 Å². The van der Waals surface area contributed by atoms with Gasteiger partial charge < -0.3 is 5.11 Å². The van der Waals surface area contributed by atoms with Crippen molar-refractivity contribution in [2.75, 3.05) is 0 Å². The van der Waals surface area contributed by atoms with Crippen LogP contribution in [-0.4, -0.2) is 30.2 Å². The molecule has 0 fully saturated rings. The van der Waals surface area contributed by atoms with Crippen molar-refractivity contribution >= 4 is 11.6 Å². The van der Waals surface area contributed by atoms with Gasteiger partial charge in [-0.3, -0.25) is 4.79 Å². The van der Waals surface area contributed by atoms with Crippen molar-refractivity contribution < 1.29 is 9.90 Å². The highest BCUT2D eigenvalue weighted by atomic mass is 16.4. The molecule has 0 radical (unpaired) electrons. The molecule has 102 valence electrons. The van der Waals surface area contributed by atoms with E-state index in [9.17, 15) is 9.59 Å². The highest BCUT2D eigenvalue weighted by Gasteiger charge is 2.17. The second kappa shape index (κ2) is 4.83.